The van der Waals surface area contributed by atoms with Gasteiger partial charge in [0.25, 0.3) is 0 Å². The first kappa shape index (κ1) is 21.3. The van der Waals surface area contributed by atoms with Gasteiger partial charge in [-0.2, -0.15) is 0 Å². The summed E-state index contributed by atoms with van der Waals surface area (Å²) in [6.07, 6.45) is 8.75. The second kappa shape index (κ2) is 9.89. The molecule has 0 N–H and O–H groups in total. The molecule has 0 radical (unpaired) electrons. The predicted octanol–water partition coefficient (Wildman–Crippen LogP) is 4.28. The molecule has 4 rings (SSSR count). The number of nitrogens with zero attached hydrogens (tertiary/aromatic N) is 2. The van der Waals surface area contributed by atoms with Gasteiger partial charge in [-0.1, -0.05) is 44.2 Å². The first-order valence-corrected chi connectivity index (χ1v) is 11.3. The number of hydrogen-bond donors (Lipinski definition) is 0. The van der Waals surface area contributed by atoms with Gasteiger partial charge in [-0.05, 0) is 63.6 Å². The van der Waals surface area contributed by atoms with Crippen molar-refractivity contribution in [1.29, 1.82) is 0 Å². The van der Waals surface area contributed by atoms with E-state index in [0.29, 0.717) is 18.5 Å². The predicted molar refractivity (Wildman–Crippen MR) is 114 cm³/mol. The lowest BCUT2D eigenvalue weighted by atomic mass is 9.76. The third kappa shape index (κ3) is 4.77. The maximum atomic E-state index is 13.0. The molecule has 2 saturated heterocycles. The van der Waals surface area contributed by atoms with Gasteiger partial charge in [-0.15, -0.1) is 0 Å². The van der Waals surface area contributed by atoms with E-state index >= 15 is 0 Å². The van der Waals surface area contributed by atoms with Gasteiger partial charge in [-0.3, -0.25) is 9.69 Å². The molecule has 1 aromatic carbocycles. The highest BCUT2D eigenvalue weighted by atomic mass is 16.5. The minimum atomic E-state index is 0.0904. The maximum absolute atomic E-state index is 13.0. The van der Waals surface area contributed by atoms with Crippen LogP contribution >= 0.6 is 0 Å². The summed E-state index contributed by atoms with van der Waals surface area (Å²) in [4.78, 5) is 17.7. The van der Waals surface area contributed by atoms with Crippen LogP contribution in [-0.2, 0) is 16.0 Å². The molecule has 1 aliphatic carbocycles. The molecule has 2 aliphatic heterocycles. The Balaban J connectivity index is 0.00000109. The molecular formula is C24H38N2O2. The van der Waals surface area contributed by atoms with E-state index in [1.807, 2.05) is 51.2 Å². The molecule has 4 heteroatoms. The van der Waals surface area contributed by atoms with Crippen LogP contribution in [0.15, 0.2) is 30.3 Å². The third-order valence-corrected chi connectivity index (χ3v) is 6.80. The molecule has 3 aliphatic rings. The normalized spacial score (nSPS) is 30.1. The van der Waals surface area contributed by atoms with Crippen molar-refractivity contribution in [2.24, 2.45) is 0 Å². The van der Waals surface area contributed by atoms with Gasteiger partial charge in [0.1, 0.15) is 0 Å². The summed E-state index contributed by atoms with van der Waals surface area (Å²) in [6.45, 7) is 7.27. The Morgan fingerprint density at radius 3 is 2.50 bits per heavy atom. The van der Waals surface area contributed by atoms with Crippen molar-refractivity contribution in [2.45, 2.75) is 82.9 Å². The summed E-state index contributed by atoms with van der Waals surface area (Å²) in [5, 5.41) is 0. The third-order valence-electron chi connectivity index (χ3n) is 6.80. The zero-order valence-electron chi connectivity index (χ0n) is 18.0. The molecule has 28 heavy (non-hydrogen) atoms. The lowest BCUT2D eigenvalue weighted by molar-refractivity contribution is -0.136. The van der Waals surface area contributed by atoms with Crippen molar-refractivity contribution >= 4 is 5.91 Å². The van der Waals surface area contributed by atoms with Crippen LogP contribution < -0.4 is 0 Å². The van der Waals surface area contributed by atoms with Gasteiger partial charge in [0.15, 0.2) is 0 Å². The molecular weight excluding hydrogens is 348 g/mol. The molecule has 156 valence electrons. The first-order chi connectivity index (χ1) is 13.7. The minimum Gasteiger partial charge on any atom is -0.375 e. The van der Waals surface area contributed by atoms with E-state index in [0.717, 1.165) is 31.4 Å². The van der Waals surface area contributed by atoms with Crippen molar-refractivity contribution in [3.8, 4) is 0 Å². The fourth-order valence-corrected chi connectivity index (χ4v) is 5.31. The zero-order chi connectivity index (χ0) is 20.0. The smallest absolute Gasteiger partial charge is 0.227 e. The highest BCUT2D eigenvalue weighted by Crippen LogP contribution is 2.42. The Morgan fingerprint density at radius 1 is 1.14 bits per heavy atom. The van der Waals surface area contributed by atoms with E-state index in [2.05, 4.69) is 9.80 Å². The number of rotatable bonds is 4. The molecule has 1 amide bonds. The lowest BCUT2D eigenvalue weighted by Gasteiger charge is -2.48. The van der Waals surface area contributed by atoms with Gasteiger partial charge in [-0.25, -0.2) is 0 Å². The summed E-state index contributed by atoms with van der Waals surface area (Å²) < 4.78 is 6.23. The Kier molecular flexibility index (Phi) is 7.53. The van der Waals surface area contributed by atoms with Crippen LogP contribution in [-0.4, -0.2) is 60.1 Å². The molecule has 0 bridgehead atoms. The summed E-state index contributed by atoms with van der Waals surface area (Å²) in [5.41, 5.74) is 1.20. The molecule has 4 nitrogen and oxygen atoms in total. The van der Waals surface area contributed by atoms with Crippen molar-refractivity contribution in [2.75, 3.05) is 26.7 Å². The molecule has 3 fully saturated rings. The molecule has 1 saturated carbocycles. The quantitative estimate of drug-likeness (QED) is 0.774. The second-order valence-corrected chi connectivity index (χ2v) is 8.42. The van der Waals surface area contributed by atoms with Crippen molar-refractivity contribution < 1.29 is 9.53 Å². The van der Waals surface area contributed by atoms with E-state index < -0.39 is 0 Å². The largest absolute Gasteiger partial charge is 0.375 e. The lowest BCUT2D eigenvalue weighted by Crippen LogP contribution is -2.58. The number of likely N-dealkylation sites (N-methyl/N-ethyl adjacent to an activating group) is 1. The molecule has 3 atom stereocenters. The molecule has 0 aromatic heterocycles. The Morgan fingerprint density at radius 2 is 1.86 bits per heavy atom. The SMILES string of the molecule is CC.CN(C(=O)Cc1ccccc1)[C@H]1CC[C@@]2(CCCO2)C[C@@H]1N1CCCC1. The number of carbonyl (C=O) groups is 1. The minimum absolute atomic E-state index is 0.0904. The fourth-order valence-electron chi connectivity index (χ4n) is 5.31. The Labute approximate surface area is 171 Å². The van der Waals surface area contributed by atoms with E-state index in [9.17, 15) is 4.79 Å². The molecule has 1 spiro atoms. The standard InChI is InChI=1S/C22H32N2O2.C2H6/c1-23(21(25)16-18-8-3-2-4-9-18)19-10-12-22(11-7-15-26-22)17-20(19)24-13-5-6-14-24;1-2/h2-4,8-9,19-20H,5-7,10-17H2,1H3;1-2H3/t19-,20-,22-;/m0./s1. The summed E-state index contributed by atoms with van der Waals surface area (Å²) >= 11 is 0. The number of carbonyl (C=O) groups excluding carboxylic acids is 1. The van der Waals surface area contributed by atoms with Gasteiger partial charge in [0, 0.05) is 25.7 Å². The number of benzene rings is 1. The highest BCUT2D eigenvalue weighted by molar-refractivity contribution is 5.79. The first-order valence-electron chi connectivity index (χ1n) is 11.3. The van der Waals surface area contributed by atoms with Crippen LogP contribution in [0.5, 0.6) is 0 Å². The maximum Gasteiger partial charge on any atom is 0.227 e. The van der Waals surface area contributed by atoms with E-state index in [1.54, 1.807) is 0 Å². The van der Waals surface area contributed by atoms with Gasteiger partial charge in [0.05, 0.1) is 12.0 Å². The molecule has 2 heterocycles. The highest BCUT2D eigenvalue weighted by Gasteiger charge is 2.47. The zero-order valence-corrected chi connectivity index (χ0v) is 18.0. The Hall–Kier alpha value is -1.39. The summed E-state index contributed by atoms with van der Waals surface area (Å²) in [5.74, 6) is 0.244. The Bertz CT molecular complexity index is 606. The van der Waals surface area contributed by atoms with Crippen LogP contribution in [0.4, 0.5) is 0 Å². The molecule has 1 aromatic rings. The van der Waals surface area contributed by atoms with Crippen LogP contribution in [0.3, 0.4) is 0 Å². The van der Waals surface area contributed by atoms with Crippen LogP contribution in [0.2, 0.25) is 0 Å². The summed E-state index contributed by atoms with van der Waals surface area (Å²) in [6, 6.07) is 10.9. The van der Waals surface area contributed by atoms with E-state index in [1.165, 1.54) is 38.8 Å². The number of likely N-dealkylation sites (tertiary alicyclic amines) is 1. The fraction of sp³-hybridized carbons (Fsp3) is 0.708. The van der Waals surface area contributed by atoms with Gasteiger partial charge in [0.2, 0.25) is 5.91 Å². The van der Waals surface area contributed by atoms with Gasteiger partial charge >= 0.3 is 0 Å². The van der Waals surface area contributed by atoms with E-state index in [-0.39, 0.29) is 11.5 Å². The van der Waals surface area contributed by atoms with Crippen LogP contribution in [0, 0.1) is 0 Å². The number of amides is 1. The molecule has 0 unspecified atom stereocenters. The monoisotopic (exact) mass is 386 g/mol. The van der Waals surface area contributed by atoms with Crippen LogP contribution in [0.1, 0.15) is 64.4 Å². The van der Waals surface area contributed by atoms with Crippen molar-refractivity contribution in [3.63, 3.8) is 0 Å². The summed E-state index contributed by atoms with van der Waals surface area (Å²) in [7, 11) is 2.02. The second-order valence-electron chi connectivity index (χ2n) is 8.42. The number of ether oxygens (including phenoxy) is 1. The average Bonchev–Trinajstić information content (AvgIpc) is 3.42. The average molecular weight is 387 g/mol. The van der Waals surface area contributed by atoms with Gasteiger partial charge < -0.3 is 9.64 Å². The topological polar surface area (TPSA) is 32.8 Å². The van der Waals surface area contributed by atoms with Crippen molar-refractivity contribution in [3.05, 3.63) is 35.9 Å². The van der Waals surface area contributed by atoms with Crippen LogP contribution in [0.25, 0.3) is 0 Å². The van der Waals surface area contributed by atoms with Crippen molar-refractivity contribution in [1.82, 2.24) is 9.80 Å². The van der Waals surface area contributed by atoms with E-state index in [4.69, 9.17) is 4.74 Å². The number of hydrogen-bond acceptors (Lipinski definition) is 3.